The van der Waals surface area contributed by atoms with Crippen LogP contribution >= 0.6 is 15.9 Å². The summed E-state index contributed by atoms with van der Waals surface area (Å²) in [5.74, 6) is 0.988. The Morgan fingerprint density at radius 3 is 2.85 bits per heavy atom. The summed E-state index contributed by atoms with van der Waals surface area (Å²) in [7, 11) is 1.57. The van der Waals surface area contributed by atoms with Gasteiger partial charge in [-0.25, -0.2) is 0 Å². The quantitative estimate of drug-likeness (QED) is 0.602. The number of fused-ring (bicyclic) bond motifs is 1. The zero-order valence-electron chi connectivity index (χ0n) is 14.8. The molecule has 0 saturated heterocycles. The molecule has 0 radical (unpaired) electrons. The maximum absolute atomic E-state index is 12.5. The van der Waals surface area contributed by atoms with Crippen LogP contribution in [0.2, 0.25) is 0 Å². The van der Waals surface area contributed by atoms with Gasteiger partial charge in [0.1, 0.15) is 0 Å². The van der Waals surface area contributed by atoms with E-state index in [1.807, 2.05) is 31.3 Å². The fourth-order valence-electron chi connectivity index (χ4n) is 2.91. The van der Waals surface area contributed by atoms with Gasteiger partial charge in [0.15, 0.2) is 11.5 Å². The second-order valence-corrected chi connectivity index (χ2v) is 6.64. The van der Waals surface area contributed by atoms with Gasteiger partial charge in [0.25, 0.3) is 5.91 Å². The fourth-order valence-corrected chi connectivity index (χ4v) is 3.52. The minimum absolute atomic E-state index is 0.144. The molecule has 0 unspecified atom stereocenters. The number of hydrogen-bond acceptors (Lipinski definition) is 3. The Balaban J connectivity index is 1.68. The number of amides is 1. The first-order chi connectivity index (χ1) is 12.6. The summed E-state index contributed by atoms with van der Waals surface area (Å²) in [6.45, 7) is 2.93. The molecule has 2 N–H and O–H groups in total. The van der Waals surface area contributed by atoms with Crippen molar-refractivity contribution in [2.24, 2.45) is 0 Å². The highest BCUT2D eigenvalue weighted by molar-refractivity contribution is 9.10. The zero-order valence-corrected chi connectivity index (χ0v) is 16.4. The Bertz CT molecular complexity index is 921. The molecular formula is C20H21BrN2O3. The number of ether oxygens (including phenoxy) is 2. The van der Waals surface area contributed by atoms with Crippen molar-refractivity contribution in [3.8, 4) is 11.5 Å². The number of para-hydroxylation sites is 1. The summed E-state index contributed by atoms with van der Waals surface area (Å²) >= 11 is 3.43. The van der Waals surface area contributed by atoms with Gasteiger partial charge < -0.3 is 19.8 Å². The van der Waals surface area contributed by atoms with Crippen LogP contribution in [0.1, 0.15) is 22.8 Å². The summed E-state index contributed by atoms with van der Waals surface area (Å²) in [4.78, 5) is 15.8. The number of benzene rings is 2. The van der Waals surface area contributed by atoms with Crippen LogP contribution in [0, 0.1) is 0 Å². The summed E-state index contributed by atoms with van der Waals surface area (Å²) < 4.78 is 11.6. The first kappa shape index (κ1) is 18.3. The van der Waals surface area contributed by atoms with Crippen LogP contribution in [0.3, 0.4) is 0 Å². The lowest BCUT2D eigenvalue weighted by atomic mass is 10.1. The van der Waals surface area contributed by atoms with Crippen molar-refractivity contribution in [1.82, 2.24) is 10.3 Å². The van der Waals surface area contributed by atoms with Crippen molar-refractivity contribution in [3.05, 3.63) is 58.2 Å². The molecular weight excluding hydrogens is 396 g/mol. The average molecular weight is 417 g/mol. The number of aromatic amines is 1. The Labute approximate surface area is 160 Å². The minimum Gasteiger partial charge on any atom is -0.492 e. The van der Waals surface area contributed by atoms with Crippen LogP contribution < -0.4 is 14.8 Å². The minimum atomic E-state index is -0.144. The van der Waals surface area contributed by atoms with E-state index in [0.29, 0.717) is 34.7 Å². The number of halogens is 1. The van der Waals surface area contributed by atoms with Crippen LogP contribution in [0.25, 0.3) is 10.9 Å². The lowest BCUT2D eigenvalue weighted by molar-refractivity contribution is 0.0953. The molecule has 1 aromatic heterocycles. The van der Waals surface area contributed by atoms with E-state index in [0.717, 1.165) is 11.9 Å². The van der Waals surface area contributed by atoms with E-state index < -0.39 is 0 Å². The molecule has 0 aliphatic carbocycles. The molecule has 3 rings (SSSR count). The third-order valence-electron chi connectivity index (χ3n) is 4.13. The summed E-state index contributed by atoms with van der Waals surface area (Å²) in [6, 6.07) is 11.6. The van der Waals surface area contributed by atoms with E-state index in [9.17, 15) is 4.79 Å². The normalized spacial score (nSPS) is 10.7. The zero-order chi connectivity index (χ0) is 18.5. The second kappa shape index (κ2) is 8.27. The molecule has 0 bridgehead atoms. The maximum atomic E-state index is 12.5. The van der Waals surface area contributed by atoms with Gasteiger partial charge in [-0.1, -0.05) is 18.2 Å². The summed E-state index contributed by atoms with van der Waals surface area (Å²) in [6.07, 6.45) is 2.75. The van der Waals surface area contributed by atoms with Gasteiger partial charge >= 0.3 is 0 Å². The number of methoxy groups -OCH3 is 1. The number of carbonyl (C=O) groups excluding carboxylic acids is 1. The van der Waals surface area contributed by atoms with E-state index in [4.69, 9.17) is 9.47 Å². The third-order valence-corrected chi connectivity index (χ3v) is 4.72. The topological polar surface area (TPSA) is 63.3 Å². The van der Waals surface area contributed by atoms with Gasteiger partial charge in [0.2, 0.25) is 0 Å². The van der Waals surface area contributed by atoms with Crippen molar-refractivity contribution < 1.29 is 14.3 Å². The van der Waals surface area contributed by atoms with Crippen molar-refractivity contribution >= 4 is 32.7 Å². The van der Waals surface area contributed by atoms with Crippen molar-refractivity contribution in [2.45, 2.75) is 13.3 Å². The number of H-pyrrole nitrogens is 1. The first-order valence-corrected chi connectivity index (χ1v) is 9.26. The monoisotopic (exact) mass is 416 g/mol. The van der Waals surface area contributed by atoms with Gasteiger partial charge in [-0.2, -0.15) is 0 Å². The smallest absolute Gasteiger partial charge is 0.251 e. The van der Waals surface area contributed by atoms with E-state index >= 15 is 0 Å². The van der Waals surface area contributed by atoms with Crippen LogP contribution in [0.15, 0.2) is 47.1 Å². The number of rotatable bonds is 7. The third kappa shape index (κ3) is 3.85. The Hall–Kier alpha value is -2.47. The van der Waals surface area contributed by atoms with E-state index in [1.54, 1.807) is 19.2 Å². The Kier molecular flexibility index (Phi) is 5.83. The molecule has 0 aliphatic heterocycles. The van der Waals surface area contributed by atoms with E-state index in [1.165, 1.54) is 10.9 Å². The highest BCUT2D eigenvalue weighted by atomic mass is 79.9. The van der Waals surface area contributed by atoms with Crippen LogP contribution in [0.4, 0.5) is 0 Å². The average Bonchev–Trinajstić information content (AvgIpc) is 3.05. The first-order valence-electron chi connectivity index (χ1n) is 8.47. The van der Waals surface area contributed by atoms with E-state index in [-0.39, 0.29) is 5.91 Å². The van der Waals surface area contributed by atoms with Gasteiger partial charge in [-0.3, -0.25) is 4.79 Å². The van der Waals surface area contributed by atoms with Crippen molar-refractivity contribution in [2.75, 3.05) is 20.3 Å². The summed E-state index contributed by atoms with van der Waals surface area (Å²) in [5.41, 5.74) is 2.82. The number of aromatic nitrogens is 1. The Morgan fingerprint density at radius 1 is 1.27 bits per heavy atom. The molecule has 1 amide bonds. The lowest BCUT2D eigenvalue weighted by Gasteiger charge is -2.13. The lowest BCUT2D eigenvalue weighted by Crippen LogP contribution is -2.25. The molecule has 26 heavy (non-hydrogen) atoms. The standard InChI is InChI=1S/C20H21BrN2O3/c1-3-26-18-11-14(10-16(21)19(18)25-2)20(24)22-9-8-13-12-23-17-7-5-4-6-15(13)17/h4-7,10-12,23H,3,8-9H2,1-2H3,(H,22,24). The highest BCUT2D eigenvalue weighted by Gasteiger charge is 2.15. The second-order valence-electron chi connectivity index (χ2n) is 5.79. The van der Waals surface area contributed by atoms with Gasteiger partial charge in [-0.05, 0) is 53.0 Å². The Morgan fingerprint density at radius 2 is 2.08 bits per heavy atom. The van der Waals surface area contributed by atoms with Gasteiger partial charge in [0.05, 0.1) is 18.2 Å². The van der Waals surface area contributed by atoms with Gasteiger partial charge in [0, 0.05) is 29.2 Å². The molecule has 0 fully saturated rings. The molecule has 0 spiro atoms. The molecule has 2 aromatic carbocycles. The predicted octanol–water partition coefficient (Wildman–Crippen LogP) is 4.31. The molecule has 6 heteroatoms. The number of nitrogens with one attached hydrogen (secondary N) is 2. The molecule has 0 atom stereocenters. The van der Waals surface area contributed by atoms with Crippen molar-refractivity contribution in [3.63, 3.8) is 0 Å². The molecule has 5 nitrogen and oxygen atoms in total. The molecule has 3 aromatic rings. The van der Waals surface area contributed by atoms with Crippen molar-refractivity contribution in [1.29, 1.82) is 0 Å². The fraction of sp³-hybridized carbons (Fsp3) is 0.250. The van der Waals surface area contributed by atoms with E-state index in [2.05, 4.69) is 32.3 Å². The maximum Gasteiger partial charge on any atom is 0.251 e. The molecule has 0 saturated carbocycles. The molecule has 136 valence electrons. The van der Waals surface area contributed by atoms with Crippen LogP contribution in [-0.2, 0) is 6.42 Å². The van der Waals surface area contributed by atoms with Gasteiger partial charge in [-0.15, -0.1) is 0 Å². The van der Waals surface area contributed by atoms with Crippen LogP contribution in [-0.4, -0.2) is 31.2 Å². The predicted molar refractivity (Wildman–Crippen MR) is 106 cm³/mol. The summed E-state index contributed by atoms with van der Waals surface area (Å²) in [5, 5.41) is 4.15. The largest absolute Gasteiger partial charge is 0.492 e. The number of carbonyl (C=O) groups is 1. The molecule has 0 aliphatic rings. The highest BCUT2D eigenvalue weighted by Crippen LogP contribution is 2.36. The molecule has 1 heterocycles. The van der Waals surface area contributed by atoms with Crippen LogP contribution in [0.5, 0.6) is 11.5 Å². The number of hydrogen-bond donors (Lipinski definition) is 2. The SMILES string of the molecule is CCOc1cc(C(=O)NCCc2c[nH]c3ccccc23)cc(Br)c1OC.